The van der Waals surface area contributed by atoms with Crippen molar-refractivity contribution in [3.8, 4) is 5.75 Å². The van der Waals surface area contributed by atoms with Gasteiger partial charge in [-0.15, -0.1) is 11.8 Å². The molecule has 0 radical (unpaired) electrons. The van der Waals surface area contributed by atoms with Crippen molar-refractivity contribution in [2.24, 2.45) is 0 Å². The normalized spacial score (nSPS) is 11.6. The number of urea groups is 1. The molecule has 2 N–H and O–H groups in total. The number of carbonyl (C=O) groups excluding carboxylic acids is 1. The average molecular weight is 359 g/mol. The highest BCUT2D eigenvalue weighted by molar-refractivity contribution is 7.99. The molecular formula is C20H26N2O2S. The van der Waals surface area contributed by atoms with Gasteiger partial charge in [-0.1, -0.05) is 31.2 Å². The summed E-state index contributed by atoms with van der Waals surface area (Å²) in [6.45, 7) is 4.72. The second kappa shape index (κ2) is 9.99. The van der Waals surface area contributed by atoms with Crippen molar-refractivity contribution in [3.05, 3.63) is 59.7 Å². The highest BCUT2D eigenvalue weighted by Gasteiger charge is 2.09. The van der Waals surface area contributed by atoms with Crippen molar-refractivity contribution < 1.29 is 9.53 Å². The van der Waals surface area contributed by atoms with Crippen LogP contribution in [0.25, 0.3) is 0 Å². The maximum atomic E-state index is 12.0. The fourth-order valence-corrected chi connectivity index (χ4v) is 3.12. The lowest BCUT2D eigenvalue weighted by atomic mass is 10.1. The Morgan fingerprint density at radius 2 is 1.80 bits per heavy atom. The molecule has 2 aromatic carbocycles. The predicted octanol–water partition coefficient (Wildman–Crippen LogP) is 4.41. The van der Waals surface area contributed by atoms with Crippen LogP contribution in [-0.4, -0.2) is 25.4 Å². The molecule has 0 aliphatic carbocycles. The van der Waals surface area contributed by atoms with Crippen molar-refractivity contribution in [1.82, 2.24) is 10.6 Å². The van der Waals surface area contributed by atoms with Gasteiger partial charge in [-0.25, -0.2) is 4.79 Å². The van der Waals surface area contributed by atoms with Crippen molar-refractivity contribution in [2.75, 3.05) is 19.4 Å². The summed E-state index contributed by atoms with van der Waals surface area (Å²) >= 11 is 1.81. The SMILES string of the molecule is CCSc1ccc(C(C)NC(=O)NCCc2ccc(OC)cc2)cc1. The molecule has 0 aromatic heterocycles. The molecule has 0 spiro atoms. The minimum Gasteiger partial charge on any atom is -0.497 e. The maximum absolute atomic E-state index is 12.0. The van der Waals surface area contributed by atoms with Gasteiger partial charge < -0.3 is 15.4 Å². The molecule has 0 aliphatic rings. The lowest BCUT2D eigenvalue weighted by Gasteiger charge is -2.15. The first-order chi connectivity index (χ1) is 12.1. The molecule has 0 heterocycles. The lowest BCUT2D eigenvalue weighted by molar-refractivity contribution is 0.238. The van der Waals surface area contributed by atoms with E-state index in [1.165, 1.54) is 4.90 Å². The molecule has 4 nitrogen and oxygen atoms in total. The van der Waals surface area contributed by atoms with Gasteiger partial charge in [0, 0.05) is 11.4 Å². The molecule has 0 aliphatic heterocycles. The minimum atomic E-state index is -0.145. The zero-order valence-corrected chi connectivity index (χ0v) is 15.9. The Balaban J connectivity index is 1.74. The molecule has 134 valence electrons. The fourth-order valence-electron chi connectivity index (χ4n) is 2.46. The average Bonchev–Trinajstić information content (AvgIpc) is 2.63. The lowest BCUT2D eigenvalue weighted by Crippen LogP contribution is -2.38. The molecule has 2 rings (SSSR count). The van der Waals surface area contributed by atoms with Crippen LogP contribution in [0.5, 0.6) is 5.75 Å². The van der Waals surface area contributed by atoms with Gasteiger partial charge in [0.1, 0.15) is 5.75 Å². The monoisotopic (exact) mass is 358 g/mol. The Bertz CT molecular complexity index is 656. The van der Waals surface area contributed by atoms with Crippen molar-refractivity contribution in [1.29, 1.82) is 0 Å². The fraction of sp³-hybridized carbons (Fsp3) is 0.350. The van der Waals surface area contributed by atoms with E-state index in [-0.39, 0.29) is 12.1 Å². The van der Waals surface area contributed by atoms with Gasteiger partial charge in [-0.05, 0) is 54.5 Å². The van der Waals surface area contributed by atoms with Gasteiger partial charge >= 0.3 is 6.03 Å². The topological polar surface area (TPSA) is 50.4 Å². The number of benzene rings is 2. The van der Waals surface area contributed by atoms with E-state index in [2.05, 4.69) is 41.8 Å². The molecule has 0 saturated carbocycles. The van der Waals surface area contributed by atoms with Gasteiger partial charge in [0.05, 0.1) is 13.2 Å². The smallest absolute Gasteiger partial charge is 0.315 e. The van der Waals surface area contributed by atoms with E-state index in [0.717, 1.165) is 29.1 Å². The predicted molar refractivity (Wildman–Crippen MR) is 104 cm³/mol. The second-order valence-corrected chi connectivity index (χ2v) is 7.06. The molecule has 1 unspecified atom stereocenters. The van der Waals surface area contributed by atoms with Crippen LogP contribution in [0.3, 0.4) is 0 Å². The first kappa shape index (κ1) is 19.2. The van der Waals surface area contributed by atoms with Crippen molar-refractivity contribution in [3.63, 3.8) is 0 Å². The molecule has 0 bridgehead atoms. The molecule has 0 fully saturated rings. The molecule has 1 atom stereocenters. The van der Waals surface area contributed by atoms with E-state index < -0.39 is 0 Å². The summed E-state index contributed by atoms with van der Waals surface area (Å²) < 4.78 is 5.14. The van der Waals surface area contributed by atoms with Gasteiger partial charge in [-0.2, -0.15) is 0 Å². The van der Waals surface area contributed by atoms with E-state index in [9.17, 15) is 4.79 Å². The Morgan fingerprint density at radius 3 is 2.40 bits per heavy atom. The summed E-state index contributed by atoms with van der Waals surface area (Å²) in [5.74, 6) is 1.90. The van der Waals surface area contributed by atoms with Crippen LogP contribution in [0.15, 0.2) is 53.4 Å². The summed E-state index contributed by atoms with van der Waals surface area (Å²) in [7, 11) is 1.65. The van der Waals surface area contributed by atoms with Crippen molar-refractivity contribution in [2.45, 2.75) is 31.2 Å². The molecular weight excluding hydrogens is 332 g/mol. The van der Waals surface area contributed by atoms with E-state index in [1.807, 2.05) is 43.0 Å². The molecule has 0 saturated heterocycles. The van der Waals surface area contributed by atoms with Crippen LogP contribution in [-0.2, 0) is 6.42 Å². The van der Waals surface area contributed by atoms with E-state index in [1.54, 1.807) is 7.11 Å². The van der Waals surface area contributed by atoms with Crippen LogP contribution >= 0.6 is 11.8 Å². The van der Waals surface area contributed by atoms with Gasteiger partial charge in [-0.3, -0.25) is 0 Å². The summed E-state index contributed by atoms with van der Waals surface area (Å²) in [6, 6.07) is 16.0. The number of carbonyl (C=O) groups is 1. The number of methoxy groups -OCH3 is 1. The number of rotatable bonds is 8. The summed E-state index contributed by atoms with van der Waals surface area (Å²) in [4.78, 5) is 13.3. The third-order valence-electron chi connectivity index (χ3n) is 3.90. The van der Waals surface area contributed by atoms with E-state index in [4.69, 9.17) is 4.74 Å². The Kier molecular flexibility index (Phi) is 7.67. The zero-order chi connectivity index (χ0) is 18.1. The number of amides is 2. The Morgan fingerprint density at radius 1 is 1.12 bits per heavy atom. The molecule has 25 heavy (non-hydrogen) atoms. The van der Waals surface area contributed by atoms with E-state index >= 15 is 0 Å². The summed E-state index contributed by atoms with van der Waals surface area (Å²) in [5.41, 5.74) is 2.27. The Hall–Kier alpha value is -2.14. The highest BCUT2D eigenvalue weighted by atomic mass is 32.2. The van der Waals surface area contributed by atoms with Gasteiger partial charge in [0.2, 0.25) is 0 Å². The van der Waals surface area contributed by atoms with Gasteiger partial charge in [0.15, 0.2) is 0 Å². The third-order valence-corrected chi connectivity index (χ3v) is 4.79. The maximum Gasteiger partial charge on any atom is 0.315 e. The van der Waals surface area contributed by atoms with Crippen LogP contribution in [0, 0.1) is 0 Å². The summed E-state index contributed by atoms with van der Waals surface area (Å²) in [5, 5.41) is 5.88. The quantitative estimate of drug-likeness (QED) is 0.687. The largest absolute Gasteiger partial charge is 0.497 e. The summed E-state index contributed by atoms with van der Waals surface area (Å²) in [6.07, 6.45) is 0.786. The first-order valence-corrected chi connectivity index (χ1v) is 9.51. The standard InChI is InChI=1S/C20H26N2O2S/c1-4-25-19-11-7-17(8-12-19)15(2)22-20(23)21-14-13-16-5-9-18(24-3)10-6-16/h5-12,15H,4,13-14H2,1-3H3,(H2,21,22,23). The van der Waals surface area contributed by atoms with Crippen LogP contribution in [0.4, 0.5) is 4.79 Å². The molecule has 5 heteroatoms. The first-order valence-electron chi connectivity index (χ1n) is 8.52. The number of hydrogen-bond acceptors (Lipinski definition) is 3. The van der Waals surface area contributed by atoms with E-state index in [0.29, 0.717) is 6.54 Å². The molecule has 2 amide bonds. The van der Waals surface area contributed by atoms with Crippen LogP contribution < -0.4 is 15.4 Å². The number of nitrogens with one attached hydrogen (secondary N) is 2. The number of hydrogen-bond donors (Lipinski definition) is 2. The Labute approximate surface area is 154 Å². The highest BCUT2D eigenvalue weighted by Crippen LogP contribution is 2.20. The zero-order valence-electron chi connectivity index (χ0n) is 15.0. The van der Waals surface area contributed by atoms with Crippen molar-refractivity contribution >= 4 is 17.8 Å². The number of thioether (sulfide) groups is 1. The van der Waals surface area contributed by atoms with Gasteiger partial charge in [0.25, 0.3) is 0 Å². The number of ether oxygens (including phenoxy) is 1. The van der Waals surface area contributed by atoms with Crippen LogP contribution in [0.2, 0.25) is 0 Å². The molecule has 2 aromatic rings. The third kappa shape index (κ3) is 6.35. The minimum absolute atomic E-state index is 0.0262. The second-order valence-electron chi connectivity index (χ2n) is 5.72. The van der Waals surface area contributed by atoms with Crippen LogP contribution in [0.1, 0.15) is 31.0 Å².